The topological polar surface area (TPSA) is 74.3 Å². The molecule has 0 fully saturated rings. The molecule has 0 aliphatic rings. The Bertz CT molecular complexity index is 453. The molecule has 0 atom stereocenters. The Morgan fingerprint density at radius 2 is 2.00 bits per heavy atom. The minimum atomic E-state index is -4.63. The zero-order valence-electron chi connectivity index (χ0n) is 8.35. The molecule has 0 spiro atoms. The maximum Gasteiger partial charge on any atom is 0.416 e. The smallest absolute Gasteiger partial charge is 0.369 e. The number of nitrogens with one attached hydrogen (secondary N) is 2. The largest absolute Gasteiger partial charge is 0.416 e. The second-order valence-corrected chi connectivity index (χ2v) is 3.05. The quantitative estimate of drug-likeness (QED) is 0.322. The van der Waals surface area contributed by atoms with Crippen molar-refractivity contribution in [2.45, 2.75) is 6.18 Å². The number of guanidine groups is 1. The Kier molecular flexibility index (Phi) is 3.66. The van der Waals surface area contributed by atoms with Crippen LogP contribution in [0.2, 0.25) is 0 Å². The summed E-state index contributed by atoms with van der Waals surface area (Å²) in [7, 11) is 0. The van der Waals surface area contributed by atoms with Gasteiger partial charge in [0.25, 0.3) is 0 Å². The summed E-state index contributed by atoms with van der Waals surface area (Å²) in [5.41, 5.74) is 5.69. The van der Waals surface area contributed by atoms with Crippen molar-refractivity contribution in [3.8, 4) is 0 Å². The van der Waals surface area contributed by atoms with Gasteiger partial charge in [0.05, 0.1) is 11.8 Å². The second kappa shape index (κ2) is 4.81. The number of hydrogen-bond acceptors (Lipinski definition) is 2. The average Bonchev–Trinajstić information content (AvgIpc) is 2.14. The maximum atomic E-state index is 12.9. The standard InChI is InChI=1S/C9H8F4N4/c10-7-2-5(4-16-17-8(14)15)1-6(3-7)9(11,12)13/h1-4H,(H4,14,15,17)/b16-4+. The van der Waals surface area contributed by atoms with Crippen LogP contribution in [-0.4, -0.2) is 12.2 Å². The van der Waals surface area contributed by atoms with E-state index >= 15 is 0 Å². The van der Waals surface area contributed by atoms with Crippen LogP contribution < -0.4 is 11.2 Å². The zero-order valence-corrected chi connectivity index (χ0v) is 8.35. The molecule has 0 saturated carbocycles. The summed E-state index contributed by atoms with van der Waals surface area (Å²) in [4.78, 5) is 0. The van der Waals surface area contributed by atoms with Gasteiger partial charge in [0.1, 0.15) is 5.82 Å². The Morgan fingerprint density at radius 1 is 1.35 bits per heavy atom. The predicted molar refractivity (Wildman–Crippen MR) is 54.0 cm³/mol. The highest BCUT2D eigenvalue weighted by Gasteiger charge is 2.31. The van der Waals surface area contributed by atoms with Crippen LogP contribution in [0.3, 0.4) is 0 Å². The van der Waals surface area contributed by atoms with Crippen LogP contribution in [-0.2, 0) is 6.18 Å². The van der Waals surface area contributed by atoms with Crippen LogP contribution in [0.25, 0.3) is 0 Å². The van der Waals surface area contributed by atoms with Crippen LogP contribution in [0.4, 0.5) is 17.6 Å². The van der Waals surface area contributed by atoms with Crippen LogP contribution in [0.1, 0.15) is 11.1 Å². The van der Waals surface area contributed by atoms with Crippen LogP contribution in [0.15, 0.2) is 23.3 Å². The number of benzene rings is 1. The van der Waals surface area contributed by atoms with Crippen LogP contribution >= 0.6 is 0 Å². The molecule has 1 aromatic carbocycles. The fraction of sp³-hybridized carbons (Fsp3) is 0.111. The Morgan fingerprint density at radius 3 is 2.53 bits per heavy atom. The first kappa shape index (κ1) is 12.9. The van der Waals surface area contributed by atoms with E-state index in [-0.39, 0.29) is 5.56 Å². The molecule has 1 rings (SSSR count). The number of nitrogens with zero attached hydrogens (tertiary/aromatic N) is 1. The first-order valence-corrected chi connectivity index (χ1v) is 4.30. The number of rotatable bonds is 2. The molecule has 4 nitrogen and oxygen atoms in total. The van der Waals surface area contributed by atoms with Gasteiger partial charge < -0.3 is 5.73 Å². The van der Waals surface area contributed by atoms with Crippen molar-refractivity contribution < 1.29 is 17.6 Å². The van der Waals surface area contributed by atoms with Crippen molar-refractivity contribution in [2.75, 3.05) is 0 Å². The summed E-state index contributed by atoms with van der Waals surface area (Å²) in [6, 6.07) is 1.99. The third kappa shape index (κ3) is 4.09. The number of halogens is 4. The highest BCUT2D eigenvalue weighted by Crippen LogP contribution is 2.30. The van der Waals surface area contributed by atoms with Crippen LogP contribution in [0, 0.1) is 11.2 Å². The molecule has 1 aromatic rings. The van der Waals surface area contributed by atoms with E-state index < -0.39 is 23.5 Å². The summed E-state index contributed by atoms with van der Waals surface area (Å²) in [5, 5.41) is 10.1. The number of alkyl halides is 3. The highest BCUT2D eigenvalue weighted by molar-refractivity contribution is 5.82. The Hall–Kier alpha value is -2.12. The summed E-state index contributed by atoms with van der Waals surface area (Å²) in [6.45, 7) is 0. The molecule has 0 radical (unpaired) electrons. The number of nitrogens with two attached hydrogens (primary N) is 1. The van der Waals surface area contributed by atoms with Gasteiger partial charge in [0.2, 0.25) is 5.96 Å². The van der Waals surface area contributed by atoms with Gasteiger partial charge in [-0.1, -0.05) is 0 Å². The van der Waals surface area contributed by atoms with Crippen molar-refractivity contribution in [3.63, 3.8) is 0 Å². The van der Waals surface area contributed by atoms with E-state index in [2.05, 4.69) is 5.10 Å². The van der Waals surface area contributed by atoms with E-state index in [9.17, 15) is 17.6 Å². The summed E-state index contributed by atoms with van der Waals surface area (Å²) >= 11 is 0. The third-order valence-corrected chi connectivity index (χ3v) is 1.65. The minimum absolute atomic E-state index is 0.0916. The van der Waals surface area contributed by atoms with Crippen molar-refractivity contribution in [3.05, 3.63) is 35.1 Å². The van der Waals surface area contributed by atoms with Gasteiger partial charge in [-0.05, 0) is 23.8 Å². The second-order valence-electron chi connectivity index (χ2n) is 3.05. The number of hydrogen-bond donors (Lipinski definition) is 3. The molecule has 8 heteroatoms. The minimum Gasteiger partial charge on any atom is -0.369 e. The van der Waals surface area contributed by atoms with Gasteiger partial charge in [-0.25, -0.2) is 9.82 Å². The van der Waals surface area contributed by atoms with E-state index in [1.807, 2.05) is 5.43 Å². The molecule has 0 unspecified atom stereocenters. The summed E-state index contributed by atoms with van der Waals surface area (Å²) < 4.78 is 49.8. The van der Waals surface area contributed by atoms with Crippen LogP contribution in [0.5, 0.6) is 0 Å². The lowest BCUT2D eigenvalue weighted by Crippen LogP contribution is -2.25. The molecule has 0 aliphatic carbocycles. The fourth-order valence-electron chi connectivity index (χ4n) is 1.03. The summed E-state index contributed by atoms with van der Waals surface area (Å²) in [6.07, 6.45) is -3.70. The van der Waals surface area contributed by atoms with E-state index in [1.54, 1.807) is 0 Å². The van der Waals surface area contributed by atoms with Gasteiger partial charge in [-0.15, -0.1) is 0 Å². The zero-order chi connectivity index (χ0) is 13.1. The van der Waals surface area contributed by atoms with E-state index in [0.29, 0.717) is 6.07 Å². The van der Waals surface area contributed by atoms with Crippen molar-refractivity contribution >= 4 is 12.2 Å². The molecule has 4 N–H and O–H groups in total. The normalized spacial score (nSPS) is 11.8. The fourth-order valence-corrected chi connectivity index (χ4v) is 1.03. The molecule has 92 valence electrons. The average molecular weight is 248 g/mol. The lowest BCUT2D eigenvalue weighted by molar-refractivity contribution is -0.137. The first-order valence-electron chi connectivity index (χ1n) is 4.30. The highest BCUT2D eigenvalue weighted by atomic mass is 19.4. The Balaban J connectivity index is 2.98. The molecule has 17 heavy (non-hydrogen) atoms. The van der Waals surface area contributed by atoms with Gasteiger partial charge in [0.15, 0.2) is 0 Å². The predicted octanol–water partition coefficient (Wildman–Crippen LogP) is 1.66. The molecule has 0 aromatic heterocycles. The molecule has 0 bridgehead atoms. The number of hydrazone groups is 1. The van der Waals surface area contributed by atoms with Gasteiger partial charge in [0, 0.05) is 0 Å². The van der Waals surface area contributed by atoms with E-state index in [1.165, 1.54) is 0 Å². The molecule has 0 aliphatic heterocycles. The maximum absolute atomic E-state index is 12.9. The molecular weight excluding hydrogens is 240 g/mol. The molecular formula is C9H8F4N4. The monoisotopic (exact) mass is 248 g/mol. The SMILES string of the molecule is N=C(N)N/N=C/c1cc(F)cc(C(F)(F)F)c1. The van der Waals surface area contributed by atoms with E-state index in [0.717, 1.165) is 18.3 Å². The third-order valence-electron chi connectivity index (χ3n) is 1.65. The van der Waals surface area contributed by atoms with Gasteiger partial charge >= 0.3 is 6.18 Å². The first-order chi connectivity index (χ1) is 7.79. The molecule has 0 saturated heterocycles. The summed E-state index contributed by atoms with van der Waals surface area (Å²) in [5.74, 6) is -1.50. The molecule has 0 amide bonds. The van der Waals surface area contributed by atoms with Gasteiger partial charge in [-0.2, -0.15) is 18.3 Å². The van der Waals surface area contributed by atoms with Gasteiger partial charge in [-0.3, -0.25) is 5.41 Å². The van der Waals surface area contributed by atoms with Crippen molar-refractivity contribution in [1.29, 1.82) is 5.41 Å². The van der Waals surface area contributed by atoms with E-state index in [4.69, 9.17) is 11.1 Å². The van der Waals surface area contributed by atoms with Crippen molar-refractivity contribution in [2.24, 2.45) is 10.8 Å². The molecule has 0 heterocycles. The Labute approximate surface area is 93.6 Å². The lowest BCUT2D eigenvalue weighted by atomic mass is 10.1. The lowest BCUT2D eigenvalue weighted by Gasteiger charge is -2.07. The van der Waals surface area contributed by atoms with Crippen molar-refractivity contribution in [1.82, 2.24) is 5.43 Å².